The van der Waals surface area contributed by atoms with Gasteiger partial charge < -0.3 is 5.73 Å². The first-order valence-corrected chi connectivity index (χ1v) is 6.78. The van der Waals surface area contributed by atoms with Gasteiger partial charge in [0.15, 0.2) is 0 Å². The Kier molecular flexibility index (Phi) is 4.38. The Labute approximate surface area is 106 Å². The molecule has 88 valence electrons. The Morgan fingerprint density at radius 1 is 1.31 bits per heavy atom. The molecule has 1 atom stereocenters. The predicted molar refractivity (Wildman–Crippen MR) is 71.2 cm³/mol. The fourth-order valence-corrected chi connectivity index (χ4v) is 2.79. The van der Waals surface area contributed by atoms with Crippen molar-refractivity contribution in [2.45, 2.75) is 31.8 Å². The van der Waals surface area contributed by atoms with E-state index in [1.54, 1.807) is 0 Å². The van der Waals surface area contributed by atoms with Crippen molar-refractivity contribution in [2.24, 2.45) is 5.73 Å². The van der Waals surface area contributed by atoms with Crippen molar-refractivity contribution in [3.63, 3.8) is 0 Å². The molecular weight excluding hydrogens is 264 g/mol. The molecule has 2 rings (SSSR count). The molecule has 0 spiro atoms. The molecular formula is C13H19BrN2. The Morgan fingerprint density at radius 3 is 2.88 bits per heavy atom. The molecule has 16 heavy (non-hydrogen) atoms. The third kappa shape index (κ3) is 2.84. The Morgan fingerprint density at radius 2 is 2.12 bits per heavy atom. The molecule has 1 aliphatic heterocycles. The SMILES string of the molecule is NCC1CCCCN1Cc1ccccc1Br. The highest BCUT2D eigenvalue weighted by atomic mass is 79.9. The summed E-state index contributed by atoms with van der Waals surface area (Å²) in [5.74, 6) is 0. The molecule has 1 heterocycles. The van der Waals surface area contributed by atoms with E-state index in [9.17, 15) is 0 Å². The number of nitrogens with two attached hydrogens (primary N) is 1. The van der Waals surface area contributed by atoms with Gasteiger partial charge in [-0.25, -0.2) is 0 Å². The molecule has 2 nitrogen and oxygen atoms in total. The zero-order valence-corrected chi connectivity index (χ0v) is 11.1. The normalized spacial score (nSPS) is 22.2. The van der Waals surface area contributed by atoms with E-state index < -0.39 is 0 Å². The summed E-state index contributed by atoms with van der Waals surface area (Å²) in [4.78, 5) is 2.52. The summed E-state index contributed by atoms with van der Waals surface area (Å²) in [6.07, 6.45) is 3.89. The third-order valence-corrected chi connectivity index (χ3v) is 4.13. The number of halogens is 1. The smallest absolute Gasteiger partial charge is 0.0248 e. The van der Waals surface area contributed by atoms with E-state index in [1.807, 2.05) is 0 Å². The van der Waals surface area contributed by atoms with Crippen LogP contribution in [0.3, 0.4) is 0 Å². The summed E-state index contributed by atoms with van der Waals surface area (Å²) in [7, 11) is 0. The number of hydrogen-bond acceptors (Lipinski definition) is 2. The van der Waals surface area contributed by atoms with Crippen molar-refractivity contribution in [3.8, 4) is 0 Å². The maximum Gasteiger partial charge on any atom is 0.0248 e. The van der Waals surface area contributed by atoms with Gasteiger partial charge in [-0.15, -0.1) is 0 Å². The molecule has 3 heteroatoms. The Bertz CT molecular complexity index is 340. The van der Waals surface area contributed by atoms with E-state index in [0.29, 0.717) is 6.04 Å². The molecule has 0 radical (unpaired) electrons. The number of piperidine rings is 1. The molecule has 0 bridgehead atoms. The number of nitrogens with zero attached hydrogens (tertiary/aromatic N) is 1. The predicted octanol–water partition coefficient (Wildman–Crippen LogP) is 2.76. The van der Waals surface area contributed by atoms with E-state index >= 15 is 0 Å². The van der Waals surface area contributed by atoms with Crippen LogP contribution in [0.2, 0.25) is 0 Å². The second-order valence-electron chi connectivity index (χ2n) is 4.45. The lowest BCUT2D eigenvalue weighted by Gasteiger charge is -2.35. The molecule has 1 aromatic carbocycles. The van der Waals surface area contributed by atoms with Gasteiger partial charge in [-0.05, 0) is 31.0 Å². The highest BCUT2D eigenvalue weighted by molar-refractivity contribution is 9.10. The average molecular weight is 283 g/mol. The first-order valence-electron chi connectivity index (χ1n) is 5.99. The molecule has 1 saturated heterocycles. The average Bonchev–Trinajstić information content (AvgIpc) is 2.33. The van der Waals surface area contributed by atoms with E-state index in [0.717, 1.165) is 13.1 Å². The fraction of sp³-hybridized carbons (Fsp3) is 0.538. The summed E-state index contributed by atoms with van der Waals surface area (Å²) in [6.45, 7) is 2.98. The van der Waals surface area contributed by atoms with Gasteiger partial charge in [-0.2, -0.15) is 0 Å². The second kappa shape index (κ2) is 5.80. The number of rotatable bonds is 3. The zero-order valence-electron chi connectivity index (χ0n) is 9.53. The lowest BCUT2D eigenvalue weighted by Crippen LogP contribution is -2.43. The van der Waals surface area contributed by atoms with Crippen LogP contribution in [0, 0.1) is 0 Å². The van der Waals surface area contributed by atoms with E-state index in [1.165, 1.54) is 35.8 Å². The number of likely N-dealkylation sites (tertiary alicyclic amines) is 1. The largest absolute Gasteiger partial charge is 0.329 e. The van der Waals surface area contributed by atoms with Crippen molar-refractivity contribution >= 4 is 15.9 Å². The first-order chi connectivity index (χ1) is 7.81. The third-order valence-electron chi connectivity index (χ3n) is 3.35. The quantitative estimate of drug-likeness (QED) is 0.924. The molecule has 0 aliphatic carbocycles. The van der Waals surface area contributed by atoms with E-state index in [-0.39, 0.29) is 0 Å². The van der Waals surface area contributed by atoms with Crippen LogP contribution in [0.15, 0.2) is 28.7 Å². The molecule has 1 unspecified atom stereocenters. The molecule has 0 saturated carbocycles. The van der Waals surface area contributed by atoms with Gasteiger partial charge in [0.1, 0.15) is 0 Å². The number of hydrogen-bond donors (Lipinski definition) is 1. The molecule has 1 aromatic rings. The maximum absolute atomic E-state index is 5.83. The lowest BCUT2D eigenvalue weighted by molar-refractivity contribution is 0.144. The van der Waals surface area contributed by atoms with Crippen LogP contribution in [0.1, 0.15) is 24.8 Å². The van der Waals surface area contributed by atoms with Gasteiger partial charge in [-0.3, -0.25) is 4.90 Å². The van der Waals surface area contributed by atoms with Crippen molar-refractivity contribution in [3.05, 3.63) is 34.3 Å². The van der Waals surface area contributed by atoms with Gasteiger partial charge in [0.05, 0.1) is 0 Å². The van der Waals surface area contributed by atoms with E-state index in [2.05, 4.69) is 45.1 Å². The van der Waals surface area contributed by atoms with Crippen molar-refractivity contribution in [1.82, 2.24) is 4.90 Å². The van der Waals surface area contributed by atoms with Crippen LogP contribution in [-0.4, -0.2) is 24.0 Å². The highest BCUT2D eigenvalue weighted by Crippen LogP contribution is 2.22. The molecule has 0 aromatic heterocycles. The Hall–Kier alpha value is -0.380. The summed E-state index contributed by atoms with van der Waals surface area (Å²) in [5, 5.41) is 0. The van der Waals surface area contributed by atoms with Gasteiger partial charge in [0.2, 0.25) is 0 Å². The van der Waals surface area contributed by atoms with Crippen molar-refractivity contribution in [2.75, 3.05) is 13.1 Å². The van der Waals surface area contributed by atoms with Crippen LogP contribution in [0.5, 0.6) is 0 Å². The Balaban J connectivity index is 2.05. The van der Waals surface area contributed by atoms with Crippen LogP contribution in [0.25, 0.3) is 0 Å². The van der Waals surface area contributed by atoms with E-state index in [4.69, 9.17) is 5.73 Å². The standard InChI is InChI=1S/C13H19BrN2/c14-13-7-2-1-5-11(13)10-16-8-4-3-6-12(16)9-15/h1-2,5,7,12H,3-4,6,8-10,15H2. The monoisotopic (exact) mass is 282 g/mol. The minimum absolute atomic E-state index is 0.570. The van der Waals surface area contributed by atoms with Gasteiger partial charge in [0.25, 0.3) is 0 Å². The topological polar surface area (TPSA) is 29.3 Å². The molecule has 1 fully saturated rings. The van der Waals surface area contributed by atoms with Gasteiger partial charge >= 0.3 is 0 Å². The fourth-order valence-electron chi connectivity index (χ4n) is 2.38. The highest BCUT2D eigenvalue weighted by Gasteiger charge is 2.21. The van der Waals surface area contributed by atoms with Crippen LogP contribution in [-0.2, 0) is 6.54 Å². The summed E-state index contributed by atoms with van der Waals surface area (Å²) in [6, 6.07) is 9.02. The van der Waals surface area contributed by atoms with Gasteiger partial charge in [0, 0.05) is 23.6 Å². The molecule has 0 amide bonds. The van der Waals surface area contributed by atoms with Crippen molar-refractivity contribution in [1.29, 1.82) is 0 Å². The maximum atomic E-state index is 5.83. The first kappa shape index (κ1) is 12.1. The zero-order chi connectivity index (χ0) is 11.4. The molecule has 1 aliphatic rings. The lowest BCUT2D eigenvalue weighted by atomic mass is 10.0. The van der Waals surface area contributed by atoms with Crippen LogP contribution >= 0.6 is 15.9 Å². The van der Waals surface area contributed by atoms with Crippen LogP contribution < -0.4 is 5.73 Å². The minimum Gasteiger partial charge on any atom is -0.329 e. The van der Waals surface area contributed by atoms with Crippen molar-refractivity contribution < 1.29 is 0 Å². The molecule has 2 N–H and O–H groups in total. The summed E-state index contributed by atoms with van der Waals surface area (Å²) in [5.41, 5.74) is 7.20. The number of benzene rings is 1. The second-order valence-corrected chi connectivity index (χ2v) is 5.30. The minimum atomic E-state index is 0.570. The van der Waals surface area contributed by atoms with Gasteiger partial charge in [-0.1, -0.05) is 40.5 Å². The summed E-state index contributed by atoms with van der Waals surface area (Å²) >= 11 is 3.61. The summed E-state index contributed by atoms with van der Waals surface area (Å²) < 4.78 is 1.20. The van der Waals surface area contributed by atoms with Crippen LogP contribution in [0.4, 0.5) is 0 Å².